The summed E-state index contributed by atoms with van der Waals surface area (Å²) in [5, 5.41) is 9.68. The quantitative estimate of drug-likeness (QED) is 0.803. The third-order valence-corrected chi connectivity index (χ3v) is 4.76. The second kappa shape index (κ2) is 8.92. The van der Waals surface area contributed by atoms with Crippen molar-refractivity contribution in [2.45, 2.75) is 31.6 Å². The highest BCUT2D eigenvalue weighted by atomic mass is 19.1. The first-order valence-electron chi connectivity index (χ1n) is 8.90. The zero-order valence-corrected chi connectivity index (χ0v) is 15.2. The molecule has 1 atom stereocenters. The van der Waals surface area contributed by atoms with Crippen molar-refractivity contribution in [1.29, 1.82) is 0 Å². The third kappa shape index (κ3) is 4.81. The van der Waals surface area contributed by atoms with Crippen molar-refractivity contribution in [1.82, 2.24) is 9.88 Å². The molecule has 7 heteroatoms. The molecule has 1 aliphatic heterocycles. The van der Waals surface area contributed by atoms with Gasteiger partial charge in [0.1, 0.15) is 6.04 Å². The standard InChI is InChI=1S/C20H23FN2O4/c1-26-18-6-5-14(12-17(18)21)19(20(24)25)23-10-7-16(8-11-23)27-13-15-4-2-3-9-22-15/h2-6,9,12,16,19H,7-8,10-11,13H2,1H3,(H,24,25)/t19-/m1/s1. The lowest BCUT2D eigenvalue weighted by molar-refractivity contribution is -0.145. The van der Waals surface area contributed by atoms with Crippen LogP contribution in [0.1, 0.15) is 30.1 Å². The van der Waals surface area contributed by atoms with E-state index in [2.05, 4.69) is 4.98 Å². The molecular formula is C20H23FN2O4. The van der Waals surface area contributed by atoms with Crippen LogP contribution in [0.3, 0.4) is 0 Å². The molecule has 0 aliphatic carbocycles. The predicted molar refractivity (Wildman–Crippen MR) is 96.9 cm³/mol. The normalized spacial score (nSPS) is 16.8. The molecule has 3 rings (SSSR count). The molecule has 27 heavy (non-hydrogen) atoms. The number of aliphatic carboxylic acids is 1. The van der Waals surface area contributed by atoms with E-state index in [9.17, 15) is 14.3 Å². The fraction of sp³-hybridized carbons (Fsp3) is 0.400. The summed E-state index contributed by atoms with van der Waals surface area (Å²) in [6.07, 6.45) is 3.22. The van der Waals surface area contributed by atoms with E-state index in [1.165, 1.54) is 19.2 Å². The van der Waals surface area contributed by atoms with E-state index in [0.29, 0.717) is 25.3 Å². The number of pyridine rings is 1. The second-order valence-electron chi connectivity index (χ2n) is 6.50. The molecule has 0 unspecified atom stereocenters. The van der Waals surface area contributed by atoms with Gasteiger partial charge in [-0.05, 0) is 42.7 Å². The van der Waals surface area contributed by atoms with Crippen LogP contribution in [0.25, 0.3) is 0 Å². The second-order valence-corrected chi connectivity index (χ2v) is 6.50. The predicted octanol–water partition coefficient (Wildman–Crippen LogP) is 3.04. The summed E-state index contributed by atoms with van der Waals surface area (Å²) < 4.78 is 24.8. The molecule has 0 spiro atoms. The Morgan fingerprint density at radius 2 is 2.11 bits per heavy atom. The monoisotopic (exact) mass is 374 g/mol. The Labute approximate surface area is 157 Å². The summed E-state index contributed by atoms with van der Waals surface area (Å²) >= 11 is 0. The number of carboxylic acids is 1. The number of halogens is 1. The van der Waals surface area contributed by atoms with Crippen molar-refractivity contribution in [3.05, 3.63) is 59.7 Å². The molecule has 144 valence electrons. The fourth-order valence-corrected chi connectivity index (χ4v) is 3.35. The number of methoxy groups -OCH3 is 1. The number of likely N-dealkylation sites (tertiary alicyclic amines) is 1. The van der Waals surface area contributed by atoms with Crippen LogP contribution >= 0.6 is 0 Å². The molecule has 0 amide bonds. The maximum Gasteiger partial charge on any atom is 0.325 e. The lowest BCUT2D eigenvalue weighted by atomic mass is 10.00. The summed E-state index contributed by atoms with van der Waals surface area (Å²) in [5.41, 5.74) is 1.28. The average molecular weight is 374 g/mol. The van der Waals surface area contributed by atoms with Crippen molar-refractivity contribution in [2.24, 2.45) is 0 Å². The van der Waals surface area contributed by atoms with E-state index in [1.54, 1.807) is 12.3 Å². The molecule has 2 aromatic rings. The summed E-state index contributed by atoms with van der Waals surface area (Å²) in [5.74, 6) is -1.45. The minimum atomic E-state index is -0.993. The number of benzene rings is 1. The van der Waals surface area contributed by atoms with E-state index in [0.717, 1.165) is 18.5 Å². The minimum Gasteiger partial charge on any atom is -0.494 e. The van der Waals surface area contributed by atoms with Gasteiger partial charge in [-0.25, -0.2) is 4.39 Å². The van der Waals surface area contributed by atoms with E-state index in [4.69, 9.17) is 9.47 Å². The van der Waals surface area contributed by atoms with E-state index < -0.39 is 17.8 Å². The van der Waals surface area contributed by atoms with Crippen molar-refractivity contribution in [3.63, 3.8) is 0 Å². The van der Waals surface area contributed by atoms with Gasteiger partial charge in [-0.3, -0.25) is 14.7 Å². The maximum absolute atomic E-state index is 14.0. The van der Waals surface area contributed by atoms with Gasteiger partial charge in [-0.15, -0.1) is 0 Å². The number of rotatable bonds is 7. The summed E-state index contributed by atoms with van der Waals surface area (Å²) in [7, 11) is 1.38. The SMILES string of the molecule is COc1ccc([C@H](C(=O)O)N2CCC(OCc3ccccn3)CC2)cc1F. The van der Waals surface area contributed by atoms with Crippen molar-refractivity contribution in [2.75, 3.05) is 20.2 Å². The first-order chi connectivity index (χ1) is 13.1. The number of hydrogen-bond acceptors (Lipinski definition) is 5. The van der Waals surface area contributed by atoms with Crippen molar-refractivity contribution < 1.29 is 23.8 Å². The van der Waals surface area contributed by atoms with Gasteiger partial charge in [0.25, 0.3) is 0 Å². The lowest BCUT2D eigenvalue weighted by Gasteiger charge is -2.35. The molecule has 2 heterocycles. The van der Waals surface area contributed by atoms with E-state index in [-0.39, 0.29) is 11.9 Å². The third-order valence-electron chi connectivity index (χ3n) is 4.76. The molecule has 0 saturated carbocycles. The van der Waals surface area contributed by atoms with Gasteiger partial charge in [-0.1, -0.05) is 12.1 Å². The Morgan fingerprint density at radius 1 is 1.33 bits per heavy atom. The molecule has 0 radical (unpaired) electrons. The summed E-state index contributed by atoms with van der Waals surface area (Å²) in [6, 6.07) is 9.10. The number of carboxylic acid groups (broad SMARTS) is 1. The topological polar surface area (TPSA) is 71.9 Å². The Morgan fingerprint density at radius 3 is 2.70 bits per heavy atom. The van der Waals surface area contributed by atoms with Crippen LogP contribution in [0, 0.1) is 5.82 Å². The average Bonchev–Trinajstić information content (AvgIpc) is 2.68. The highest BCUT2D eigenvalue weighted by Crippen LogP contribution is 2.29. The number of ether oxygens (including phenoxy) is 2. The van der Waals surface area contributed by atoms with E-state index >= 15 is 0 Å². The molecule has 1 aromatic carbocycles. The first kappa shape index (κ1) is 19.3. The maximum atomic E-state index is 14.0. The van der Waals surface area contributed by atoms with Crippen molar-refractivity contribution >= 4 is 5.97 Å². The van der Waals surface area contributed by atoms with Gasteiger partial charge in [-0.2, -0.15) is 0 Å². The van der Waals surface area contributed by atoms with Crippen LogP contribution in [0.15, 0.2) is 42.6 Å². The van der Waals surface area contributed by atoms with Gasteiger partial charge in [0.05, 0.1) is 25.5 Å². The highest BCUT2D eigenvalue weighted by Gasteiger charge is 2.31. The summed E-state index contributed by atoms with van der Waals surface area (Å²) in [4.78, 5) is 17.9. The number of carbonyl (C=O) groups is 1. The molecule has 1 aromatic heterocycles. The van der Waals surface area contributed by atoms with Crippen LogP contribution in [-0.2, 0) is 16.1 Å². The highest BCUT2D eigenvalue weighted by molar-refractivity contribution is 5.75. The fourth-order valence-electron chi connectivity index (χ4n) is 3.35. The molecule has 0 bridgehead atoms. The van der Waals surface area contributed by atoms with Crippen LogP contribution in [0.5, 0.6) is 5.75 Å². The van der Waals surface area contributed by atoms with Gasteiger partial charge in [0.15, 0.2) is 11.6 Å². The molecule has 1 saturated heterocycles. The van der Waals surface area contributed by atoms with Crippen molar-refractivity contribution in [3.8, 4) is 5.75 Å². The zero-order valence-electron chi connectivity index (χ0n) is 15.2. The van der Waals surface area contributed by atoms with Gasteiger partial charge in [0.2, 0.25) is 0 Å². The van der Waals surface area contributed by atoms with Crippen LogP contribution in [0.4, 0.5) is 4.39 Å². The number of aromatic nitrogens is 1. The Balaban J connectivity index is 1.60. The zero-order chi connectivity index (χ0) is 19.2. The number of nitrogens with zero attached hydrogens (tertiary/aromatic N) is 2. The molecule has 1 fully saturated rings. The van der Waals surface area contributed by atoms with Gasteiger partial charge < -0.3 is 14.6 Å². The minimum absolute atomic E-state index is 0.0605. The Hall–Kier alpha value is -2.51. The number of piperidine rings is 1. The molecule has 1 N–H and O–H groups in total. The van der Waals surface area contributed by atoms with Crippen LogP contribution in [-0.4, -0.2) is 47.3 Å². The van der Waals surface area contributed by atoms with Crippen LogP contribution < -0.4 is 4.74 Å². The first-order valence-corrected chi connectivity index (χ1v) is 8.90. The van der Waals surface area contributed by atoms with Gasteiger partial charge in [0, 0.05) is 19.3 Å². The Bertz CT molecular complexity index is 764. The van der Waals surface area contributed by atoms with E-state index in [1.807, 2.05) is 23.1 Å². The summed E-state index contributed by atoms with van der Waals surface area (Å²) in [6.45, 7) is 1.58. The largest absolute Gasteiger partial charge is 0.494 e. The lowest BCUT2D eigenvalue weighted by Crippen LogP contribution is -2.42. The smallest absolute Gasteiger partial charge is 0.325 e. The molecule has 1 aliphatic rings. The molecule has 6 nitrogen and oxygen atoms in total. The van der Waals surface area contributed by atoms with Gasteiger partial charge >= 0.3 is 5.97 Å². The van der Waals surface area contributed by atoms with Crippen LogP contribution in [0.2, 0.25) is 0 Å². The molecular weight excluding hydrogens is 351 g/mol. The number of hydrogen-bond donors (Lipinski definition) is 1. The Kier molecular flexibility index (Phi) is 6.36.